The van der Waals surface area contributed by atoms with Crippen molar-refractivity contribution in [3.05, 3.63) is 0 Å². The van der Waals surface area contributed by atoms with Crippen molar-refractivity contribution in [1.82, 2.24) is 5.32 Å². The van der Waals surface area contributed by atoms with Gasteiger partial charge in [0.05, 0.1) is 25.4 Å². The quantitative estimate of drug-likeness (QED) is 0.0297. The molecule has 17 N–H and O–H groups in total. The van der Waals surface area contributed by atoms with Gasteiger partial charge in [-0.3, -0.25) is 22.9 Å². The average molecular weight is 1310 g/mol. The number of amides is 1. The summed E-state index contributed by atoms with van der Waals surface area (Å²) in [5.74, 6) is -0.549. The first-order valence-corrected chi connectivity index (χ1v) is 36.3. The SMILES string of the molecule is CCCCCCCCCCCCCCCCCCCCCC(=O)N[C@@H](COP(=O)(O)O[C@H]1C(O)C(O)C(O)[C@@H](O)C1O[C@H]1O[C@H](COP(=O)(O)OC2C(O)C(O)C(O)[C@@H](O)C2O)[C@@H](O)C(O)C1O)[C@H](O)[C@H](O)CCCCCCCCCCCCCCCC. The third-order valence-electron chi connectivity index (χ3n) is 17.4. The number of aliphatic hydroxyl groups excluding tert-OH is 14. The average Bonchev–Trinajstić information content (AvgIpc) is 1.22. The zero-order chi connectivity index (χ0) is 65.2. The van der Waals surface area contributed by atoms with Gasteiger partial charge in [0.1, 0.15) is 104 Å². The fourth-order valence-corrected chi connectivity index (χ4v) is 13.6. The fourth-order valence-electron chi connectivity index (χ4n) is 11.7. The Hall–Kier alpha value is -0.950. The lowest BCUT2D eigenvalue weighted by atomic mass is 9.84. The molecule has 1 amide bonds. The number of phosphoric ester groups is 2. The van der Waals surface area contributed by atoms with Gasteiger partial charge in [0, 0.05) is 6.42 Å². The van der Waals surface area contributed by atoms with E-state index in [2.05, 4.69) is 19.2 Å². The van der Waals surface area contributed by atoms with Gasteiger partial charge in [0.15, 0.2) is 6.29 Å². The lowest BCUT2D eigenvalue weighted by molar-refractivity contribution is -0.337. The van der Waals surface area contributed by atoms with Gasteiger partial charge in [-0.05, 0) is 12.8 Å². The molecule has 2 saturated carbocycles. The van der Waals surface area contributed by atoms with Gasteiger partial charge < -0.3 is 96.1 Å². The van der Waals surface area contributed by atoms with Gasteiger partial charge in [-0.2, -0.15) is 0 Å². The first-order chi connectivity index (χ1) is 41.9. The van der Waals surface area contributed by atoms with Crippen LogP contribution >= 0.6 is 15.6 Å². The van der Waals surface area contributed by atoms with Crippen LogP contribution in [0.5, 0.6) is 0 Å². The maximum atomic E-state index is 13.8. The molecule has 1 heterocycles. The molecule has 522 valence electrons. The van der Waals surface area contributed by atoms with E-state index in [9.17, 15) is 95.2 Å². The van der Waals surface area contributed by atoms with Crippen molar-refractivity contribution in [3.63, 3.8) is 0 Å². The van der Waals surface area contributed by atoms with E-state index in [4.69, 9.17) is 27.6 Å². The third kappa shape index (κ3) is 29.8. The number of hydrogen-bond donors (Lipinski definition) is 17. The number of rotatable bonds is 50. The first kappa shape index (κ1) is 81.3. The van der Waals surface area contributed by atoms with Crippen LogP contribution in [0, 0.1) is 0 Å². The minimum Gasteiger partial charge on any atom is -0.390 e. The Labute approximate surface area is 521 Å². The van der Waals surface area contributed by atoms with E-state index in [0.717, 1.165) is 64.2 Å². The second-order valence-electron chi connectivity index (χ2n) is 24.9. The second kappa shape index (κ2) is 44.7. The van der Waals surface area contributed by atoms with Crippen molar-refractivity contribution in [2.24, 2.45) is 0 Å². The molecule has 22 atom stereocenters. The molecule has 3 fully saturated rings. The summed E-state index contributed by atoms with van der Waals surface area (Å²) in [6, 6.07) is -1.51. The minimum absolute atomic E-state index is 0.0210. The zero-order valence-corrected chi connectivity index (χ0v) is 54.2. The standard InChI is InChI=1S/C60H117NO25P2/c1-3-5-7-9-11-13-15-17-19-20-21-22-23-25-27-29-31-33-35-37-43(63)61-40(44(64)41(62)36-34-32-30-28-26-24-18-16-14-12-10-8-6-4-2)38-81-87(77,78)86-59-55(75)51(71)50(70)54(74)58(59)84-60-56(76)46(66)45(65)42(83-60)39-82-88(79,80)85-57-52(72)48(68)47(67)49(69)53(57)73/h40-42,44-60,62,64-76H,3-39H2,1-2H3,(H,61,63)(H,77,78)(H,79,80)/t40-,41+,42+,44-,45+,46?,47?,48+,49?,50?,51?,52?,53?,54+,55?,56?,57?,58?,59-,60+/m0/s1. The number of carbonyl (C=O) groups is 1. The van der Waals surface area contributed by atoms with Crippen LogP contribution in [0.25, 0.3) is 0 Å². The molecule has 0 aromatic rings. The Morgan fingerprint density at radius 2 is 0.750 bits per heavy atom. The largest absolute Gasteiger partial charge is 0.472 e. The molecule has 3 aliphatic rings. The topological polar surface area (TPSA) is 442 Å². The summed E-state index contributed by atoms with van der Waals surface area (Å²) in [7, 11) is -11.1. The van der Waals surface area contributed by atoms with E-state index >= 15 is 0 Å². The van der Waals surface area contributed by atoms with E-state index in [1.54, 1.807) is 0 Å². The highest BCUT2D eigenvalue weighted by Gasteiger charge is 2.56. The highest BCUT2D eigenvalue weighted by Crippen LogP contribution is 2.49. The molecule has 3 rings (SSSR count). The Morgan fingerprint density at radius 3 is 1.17 bits per heavy atom. The Bertz CT molecular complexity index is 1890. The second-order valence-corrected chi connectivity index (χ2v) is 27.7. The lowest BCUT2D eigenvalue weighted by Gasteiger charge is -2.47. The molecule has 1 saturated heterocycles. The first-order valence-electron chi connectivity index (χ1n) is 33.3. The third-order valence-corrected chi connectivity index (χ3v) is 19.4. The van der Waals surface area contributed by atoms with Crippen molar-refractivity contribution >= 4 is 21.6 Å². The Morgan fingerprint density at radius 1 is 0.420 bits per heavy atom. The summed E-state index contributed by atoms with van der Waals surface area (Å²) in [5.41, 5.74) is 0. The number of carbonyl (C=O) groups excluding carboxylic acids is 1. The fraction of sp³-hybridized carbons (Fsp3) is 0.983. The van der Waals surface area contributed by atoms with Crippen LogP contribution in [0.1, 0.15) is 239 Å². The summed E-state index contributed by atoms with van der Waals surface area (Å²) >= 11 is 0. The highest BCUT2D eigenvalue weighted by atomic mass is 31.2. The molecule has 26 nitrogen and oxygen atoms in total. The molecule has 0 aromatic heterocycles. The lowest BCUT2D eigenvalue weighted by Crippen LogP contribution is -2.67. The molecule has 1 aliphatic heterocycles. The number of ether oxygens (including phenoxy) is 2. The van der Waals surface area contributed by atoms with E-state index < -0.39 is 157 Å². The molecule has 13 unspecified atom stereocenters. The number of nitrogens with one attached hydrogen (secondary N) is 1. The van der Waals surface area contributed by atoms with Gasteiger partial charge in [-0.1, -0.05) is 219 Å². The van der Waals surface area contributed by atoms with E-state index in [1.807, 2.05) is 0 Å². The number of unbranched alkanes of at least 4 members (excludes halogenated alkanes) is 31. The van der Waals surface area contributed by atoms with Crippen LogP contribution in [0.3, 0.4) is 0 Å². The van der Waals surface area contributed by atoms with Crippen LogP contribution in [0.4, 0.5) is 0 Å². The van der Waals surface area contributed by atoms with Crippen molar-refractivity contribution in [2.75, 3.05) is 13.2 Å². The highest BCUT2D eigenvalue weighted by molar-refractivity contribution is 7.47. The normalized spacial score (nSPS) is 31.9. The van der Waals surface area contributed by atoms with E-state index in [1.165, 1.54) is 135 Å². The molecular formula is C60H117NO25P2. The monoisotopic (exact) mass is 1310 g/mol. The predicted octanol–water partition coefficient (Wildman–Crippen LogP) is 4.36. The van der Waals surface area contributed by atoms with Crippen LogP contribution in [0.2, 0.25) is 0 Å². The van der Waals surface area contributed by atoms with Gasteiger partial charge in [0.2, 0.25) is 5.91 Å². The van der Waals surface area contributed by atoms with Gasteiger partial charge in [0.25, 0.3) is 0 Å². The van der Waals surface area contributed by atoms with Crippen LogP contribution in [-0.2, 0) is 41.5 Å². The Balaban J connectivity index is 1.61. The summed E-state index contributed by atoms with van der Waals surface area (Å²) in [6.45, 7) is 2.21. The van der Waals surface area contributed by atoms with Gasteiger partial charge in [-0.15, -0.1) is 0 Å². The molecule has 88 heavy (non-hydrogen) atoms. The predicted molar refractivity (Wildman–Crippen MR) is 324 cm³/mol. The molecule has 0 bridgehead atoms. The van der Waals surface area contributed by atoms with Gasteiger partial charge in [-0.25, -0.2) is 9.13 Å². The summed E-state index contributed by atoms with van der Waals surface area (Å²) < 4.78 is 57.9. The van der Waals surface area contributed by atoms with Crippen molar-refractivity contribution in [2.45, 2.75) is 361 Å². The number of phosphoric acid groups is 2. The van der Waals surface area contributed by atoms with Gasteiger partial charge >= 0.3 is 15.6 Å². The number of aliphatic hydroxyl groups is 14. The van der Waals surface area contributed by atoms with Crippen LogP contribution < -0.4 is 5.32 Å². The maximum Gasteiger partial charge on any atom is 0.472 e. The van der Waals surface area contributed by atoms with Crippen molar-refractivity contribution in [1.29, 1.82) is 0 Å². The maximum absolute atomic E-state index is 13.8. The molecule has 0 radical (unpaired) electrons. The zero-order valence-electron chi connectivity index (χ0n) is 52.4. The molecule has 28 heteroatoms. The van der Waals surface area contributed by atoms with Crippen LogP contribution in [-0.4, -0.2) is 223 Å². The molecule has 0 spiro atoms. The molecular weight excluding hydrogens is 1200 g/mol. The van der Waals surface area contributed by atoms with Crippen molar-refractivity contribution in [3.8, 4) is 0 Å². The van der Waals surface area contributed by atoms with Crippen LogP contribution in [0.15, 0.2) is 0 Å². The minimum atomic E-state index is -5.61. The summed E-state index contributed by atoms with van der Waals surface area (Å²) in [4.78, 5) is 35.0. The summed E-state index contributed by atoms with van der Waals surface area (Å²) in [5, 5.41) is 152. The number of hydrogen-bond acceptors (Lipinski definition) is 23. The summed E-state index contributed by atoms with van der Waals surface area (Å²) in [6.07, 6.45) is -3.56. The van der Waals surface area contributed by atoms with E-state index in [-0.39, 0.29) is 12.8 Å². The molecule has 0 aromatic carbocycles. The van der Waals surface area contributed by atoms with Crippen molar-refractivity contribution < 1.29 is 123 Å². The smallest absolute Gasteiger partial charge is 0.390 e. The van der Waals surface area contributed by atoms with E-state index in [0.29, 0.717) is 12.8 Å². The molecule has 2 aliphatic carbocycles. The Kier molecular flexibility index (Phi) is 41.3.